The minimum absolute atomic E-state index is 0. The number of halogens is 1. The molecule has 0 aliphatic carbocycles. The van der Waals surface area contributed by atoms with Crippen LogP contribution in [0.4, 0.5) is 0 Å². The largest absolute Gasteiger partial charge is 0.459 e. The van der Waals surface area contributed by atoms with Crippen LogP contribution in [-0.4, -0.2) is 43.4 Å². The smallest absolute Gasteiger partial charge is 0.225 e. The van der Waals surface area contributed by atoms with E-state index >= 15 is 0 Å². The summed E-state index contributed by atoms with van der Waals surface area (Å²) in [5.74, 6) is 1.71. The third-order valence-electron chi connectivity index (χ3n) is 3.91. The normalized spacial score (nSPS) is 11.8. The number of fused-ring (bicyclic) bond motifs is 1. The number of guanidine groups is 1. The second kappa shape index (κ2) is 10.5. The molecule has 2 rings (SSSR count). The Kier molecular flexibility index (Phi) is 9.08. The quantitative estimate of drug-likeness (QED) is 0.283. The maximum Gasteiger partial charge on any atom is 0.225 e. The van der Waals surface area contributed by atoms with Crippen molar-refractivity contribution in [3.8, 4) is 0 Å². The lowest BCUT2D eigenvalue weighted by Crippen LogP contribution is -2.40. The monoisotopic (exact) mass is 486 g/mol. The summed E-state index contributed by atoms with van der Waals surface area (Å²) in [7, 11) is 1.97. The number of amides is 1. The SMILES string of the molecule is CCNC(=NCCNC(=O)C(C)(C)C)N(C)Cc1cc2ccccc2o1.I. The molecule has 27 heavy (non-hydrogen) atoms. The van der Waals surface area contributed by atoms with Crippen LogP contribution in [0.25, 0.3) is 11.0 Å². The van der Waals surface area contributed by atoms with Crippen molar-refractivity contribution in [1.82, 2.24) is 15.5 Å². The van der Waals surface area contributed by atoms with Crippen LogP contribution in [0.2, 0.25) is 0 Å². The molecule has 1 aromatic carbocycles. The van der Waals surface area contributed by atoms with Crippen LogP contribution in [0.3, 0.4) is 0 Å². The minimum Gasteiger partial charge on any atom is -0.459 e. The molecule has 0 unspecified atom stereocenters. The highest BCUT2D eigenvalue weighted by Crippen LogP contribution is 2.19. The number of para-hydroxylation sites is 1. The number of carbonyl (C=O) groups excluding carboxylic acids is 1. The lowest BCUT2D eigenvalue weighted by molar-refractivity contribution is -0.128. The second-order valence-electron chi connectivity index (χ2n) is 7.35. The molecule has 0 aliphatic heterocycles. The van der Waals surface area contributed by atoms with E-state index in [4.69, 9.17) is 4.42 Å². The van der Waals surface area contributed by atoms with Gasteiger partial charge in [-0.1, -0.05) is 39.0 Å². The van der Waals surface area contributed by atoms with E-state index in [2.05, 4.69) is 21.7 Å². The van der Waals surface area contributed by atoms with E-state index in [1.165, 1.54) is 0 Å². The van der Waals surface area contributed by atoms with E-state index in [-0.39, 0.29) is 35.3 Å². The predicted molar refractivity (Wildman–Crippen MR) is 122 cm³/mol. The maximum atomic E-state index is 11.9. The molecule has 0 fully saturated rings. The molecule has 0 radical (unpaired) electrons. The van der Waals surface area contributed by atoms with Crippen molar-refractivity contribution in [3.05, 3.63) is 36.1 Å². The van der Waals surface area contributed by atoms with E-state index in [1.54, 1.807) is 0 Å². The van der Waals surface area contributed by atoms with Crippen molar-refractivity contribution in [2.75, 3.05) is 26.7 Å². The number of rotatable bonds is 6. The van der Waals surface area contributed by atoms with Gasteiger partial charge in [0, 0.05) is 30.9 Å². The Balaban J connectivity index is 0.00000364. The molecule has 1 aromatic heterocycles. The lowest BCUT2D eigenvalue weighted by Gasteiger charge is -2.21. The van der Waals surface area contributed by atoms with Crippen molar-refractivity contribution in [2.45, 2.75) is 34.2 Å². The summed E-state index contributed by atoms with van der Waals surface area (Å²) in [6.45, 7) is 10.2. The van der Waals surface area contributed by atoms with E-state index in [0.29, 0.717) is 19.6 Å². The van der Waals surface area contributed by atoms with Gasteiger partial charge in [-0.3, -0.25) is 9.79 Å². The third-order valence-corrected chi connectivity index (χ3v) is 3.91. The highest BCUT2D eigenvalue weighted by molar-refractivity contribution is 14.0. The first-order valence-corrected chi connectivity index (χ1v) is 9.06. The third kappa shape index (κ3) is 7.04. The maximum absolute atomic E-state index is 11.9. The van der Waals surface area contributed by atoms with Crippen LogP contribution in [0.5, 0.6) is 0 Å². The number of furan rings is 1. The first-order chi connectivity index (χ1) is 12.3. The van der Waals surface area contributed by atoms with Crippen LogP contribution in [0.15, 0.2) is 39.7 Å². The first-order valence-electron chi connectivity index (χ1n) is 9.06. The molecule has 0 saturated heterocycles. The molecule has 1 heterocycles. The van der Waals surface area contributed by atoms with E-state index in [0.717, 1.165) is 29.2 Å². The Bertz CT molecular complexity index is 732. The molecule has 0 atom stereocenters. The molecule has 0 aliphatic rings. The molecule has 6 nitrogen and oxygen atoms in total. The number of aliphatic imine (C=N–C) groups is 1. The minimum atomic E-state index is -0.383. The van der Waals surface area contributed by atoms with Gasteiger partial charge in [-0.25, -0.2) is 0 Å². The average Bonchev–Trinajstić information content (AvgIpc) is 2.98. The fourth-order valence-corrected chi connectivity index (χ4v) is 2.49. The summed E-state index contributed by atoms with van der Waals surface area (Å²) >= 11 is 0. The molecule has 0 bridgehead atoms. The molecule has 150 valence electrons. The molecule has 2 N–H and O–H groups in total. The zero-order valence-electron chi connectivity index (χ0n) is 16.8. The van der Waals surface area contributed by atoms with E-state index in [9.17, 15) is 4.79 Å². The molecule has 0 saturated carbocycles. The number of nitrogens with one attached hydrogen (secondary N) is 2. The van der Waals surface area contributed by atoms with Gasteiger partial charge < -0.3 is 20.0 Å². The zero-order valence-corrected chi connectivity index (χ0v) is 19.2. The first kappa shape index (κ1) is 23.3. The van der Waals surface area contributed by atoms with E-state index in [1.807, 2.05) is 63.9 Å². The molecular weight excluding hydrogens is 455 g/mol. The van der Waals surface area contributed by atoms with Gasteiger partial charge in [0.15, 0.2) is 5.96 Å². The second-order valence-corrected chi connectivity index (χ2v) is 7.35. The Hall–Kier alpha value is -1.77. The predicted octanol–water partition coefficient (Wildman–Crippen LogP) is 3.61. The average molecular weight is 486 g/mol. The number of nitrogens with zero attached hydrogens (tertiary/aromatic N) is 2. The molecular formula is C20H31IN4O2. The Morgan fingerprint density at radius 3 is 2.56 bits per heavy atom. The number of benzene rings is 1. The van der Waals surface area contributed by atoms with Crippen molar-refractivity contribution < 1.29 is 9.21 Å². The topological polar surface area (TPSA) is 69.9 Å². The highest BCUT2D eigenvalue weighted by Gasteiger charge is 2.20. The van der Waals surface area contributed by atoms with Gasteiger partial charge in [0.25, 0.3) is 0 Å². The van der Waals surface area contributed by atoms with Gasteiger partial charge in [0.05, 0.1) is 13.1 Å². The fraction of sp³-hybridized carbons (Fsp3) is 0.500. The Morgan fingerprint density at radius 2 is 1.93 bits per heavy atom. The van der Waals surface area contributed by atoms with Gasteiger partial charge in [0.2, 0.25) is 5.91 Å². The summed E-state index contributed by atoms with van der Waals surface area (Å²) in [5.41, 5.74) is 0.509. The molecule has 1 amide bonds. The van der Waals surface area contributed by atoms with Gasteiger partial charge >= 0.3 is 0 Å². The van der Waals surface area contributed by atoms with Crippen LogP contribution < -0.4 is 10.6 Å². The van der Waals surface area contributed by atoms with Crippen molar-refractivity contribution in [3.63, 3.8) is 0 Å². The summed E-state index contributed by atoms with van der Waals surface area (Å²) in [5, 5.41) is 7.29. The summed E-state index contributed by atoms with van der Waals surface area (Å²) in [6, 6.07) is 10.0. The van der Waals surface area contributed by atoms with Gasteiger partial charge in [-0.05, 0) is 19.1 Å². The summed E-state index contributed by atoms with van der Waals surface area (Å²) < 4.78 is 5.88. The fourth-order valence-electron chi connectivity index (χ4n) is 2.49. The van der Waals surface area contributed by atoms with Crippen LogP contribution in [0, 0.1) is 5.41 Å². The Labute approximate surface area is 178 Å². The zero-order chi connectivity index (χ0) is 19.2. The van der Waals surface area contributed by atoms with Gasteiger partial charge in [-0.2, -0.15) is 0 Å². The number of carbonyl (C=O) groups is 1. The molecule has 0 spiro atoms. The number of hydrogen-bond acceptors (Lipinski definition) is 3. The van der Waals surface area contributed by atoms with Gasteiger partial charge in [0.1, 0.15) is 11.3 Å². The van der Waals surface area contributed by atoms with Crippen molar-refractivity contribution >= 4 is 46.8 Å². The highest BCUT2D eigenvalue weighted by atomic mass is 127. The van der Waals surface area contributed by atoms with Crippen molar-refractivity contribution in [1.29, 1.82) is 0 Å². The van der Waals surface area contributed by atoms with Crippen LogP contribution >= 0.6 is 24.0 Å². The number of hydrogen-bond donors (Lipinski definition) is 2. The molecule has 2 aromatic rings. The lowest BCUT2D eigenvalue weighted by atomic mass is 9.96. The molecule has 7 heteroatoms. The summed E-state index contributed by atoms with van der Waals surface area (Å²) in [6.07, 6.45) is 0. The van der Waals surface area contributed by atoms with Crippen LogP contribution in [0.1, 0.15) is 33.5 Å². The summed E-state index contributed by atoms with van der Waals surface area (Å²) in [4.78, 5) is 18.5. The Morgan fingerprint density at radius 1 is 1.22 bits per heavy atom. The van der Waals surface area contributed by atoms with Crippen molar-refractivity contribution in [2.24, 2.45) is 10.4 Å². The van der Waals surface area contributed by atoms with Gasteiger partial charge in [-0.15, -0.1) is 24.0 Å². The standard InChI is InChI=1S/C20H30N4O2.HI/c1-6-21-19(23-12-11-22-18(25)20(2,3)4)24(5)14-16-13-15-9-7-8-10-17(15)26-16;/h7-10,13H,6,11-12,14H2,1-5H3,(H,21,23)(H,22,25);1H. The van der Waals surface area contributed by atoms with E-state index < -0.39 is 0 Å². The van der Waals surface area contributed by atoms with Crippen LogP contribution in [-0.2, 0) is 11.3 Å².